The molecule has 30 heavy (non-hydrogen) atoms. The summed E-state index contributed by atoms with van der Waals surface area (Å²) >= 11 is 0. The number of ether oxygens (including phenoxy) is 2. The molecule has 0 radical (unpaired) electrons. The molecule has 1 aliphatic heterocycles. The zero-order valence-electron chi connectivity index (χ0n) is 17.0. The molecule has 3 rings (SSSR count). The Labute approximate surface area is 175 Å². The summed E-state index contributed by atoms with van der Waals surface area (Å²) in [5.74, 6) is -0.960. The second-order valence-corrected chi connectivity index (χ2v) is 7.62. The van der Waals surface area contributed by atoms with Gasteiger partial charge in [0.15, 0.2) is 17.6 Å². The Morgan fingerprint density at radius 1 is 1.00 bits per heavy atom. The van der Waals surface area contributed by atoms with Gasteiger partial charge in [-0.2, -0.15) is 0 Å². The van der Waals surface area contributed by atoms with E-state index in [0.29, 0.717) is 17.5 Å². The highest BCUT2D eigenvalue weighted by molar-refractivity contribution is 5.69. The van der Waals surface area contributed by atoms with Crippen LogP contribution in [0.4, 0.5) is 0 Å². The zero-order chi connectivity index (χ0) is 21.7. The molecule has 0 bridgehead atoms. The van der Waals surface area contributed by atoms with Gasteiger partial charge in [0.25, 0.3) is 0 Å². The van der Waals surface area contributed by atoms with E-state index in [-0.39, 0.29) is 41.1 Å². The minimum Gasteiger partial charge on any atom is -0.508 e. The van der Waals surface area contributed by atoms with Crippen LogP contribution in [0.2, 0.25) is 0 Å². The van der Waals surface area contributed by atoms with E-state index in [2.05, 4.69) is 6.92 Å². The molecule has 162 valence electrons. The molecule has 0 aliphatic carbocycles. The van der Waals surface area contributed by atoms with Crippen molar-refractivity contribution in [2.45, 2.75) is 64.1 Å². The van der Waals surface area contributed by atoms with Gasteiger partial charge in [-0.25, -0.2) is 0 Å². The predicted octanol–water partition coefficient (Wildman–Crippen LogP) is 4.46. The number of fused-ring (bicyclic) bond motifs is 1. The van der Waals surface area contributed by atoms with Gasteiger partial charge in [-0.15, -0.1) is 0 Å². The number of phenolic OH excluding ortho intramolecular Hbond substituents is 4. The van der Waals surface area contributed by atoms with Gasteiger partial charge in [0.1, 0.15) is 23.4 Å². The Morgan fingerprint density at radius 2 is 1.77 bits per heavy atom. The number of phenols is 4. The number of carbonyl (C=O) groups is 1. The van der Waals surface area contributed by atoms with Gasteiger partial charge in [-0.05, 0) is 18.6 Å². The quantitative estimate of drug-likeness (QED) is 0.285. The third-order valence-corrected chi connectivity index (χ3v) is 5.26. The normalized spacial score (nSPS) is 17.8. The van der Waals surface area contributed by atoms with Crippen molar-refractivity contribution in [3.05, 3.63) is 41.5 Å². The fourth-order valence-electron chi connectivity index (χ4n) is 3.65. The lowest BCUT2D eigenvalue weighted by molar-refractivity contribution is -0.155. The smallest absolute Gasteiger partial charge is 0.306 e. The standard InChI is InChI=1S/C23H28O7/c1-2-3-4-5-6-7-22(28)29-21-13-16-18(26)11-15(24)12-20(16)30-23(21)14-8-9-17(25)19(27)10-14/h8-12,21,23-27H,2-7,13H2,1H3/t21-,23?/m1/s1. The van der Waals surface area contributed by atoms with Gasteiger partial charge >= 0.3 is 5.97 Å². The number of hydrogen-bond donors (Lipinski definition) is 4. The van der Waals surface area contributed by atoms with Gasteiger partial charge in [-0.3, -0.25) is 4.79 Å². The van der Waals surface area contributed by atoms with Crippen molar-refractivity contribution in [3.8, 4) is 28.7 Å². The topological polar surface area (TPSA) is 116 Å². The van der Waals surface area contributed by atoms with Gasteiger partial charge in [0.2, 0.25) is 0 Å². The fourth-order valence-corrected chi connectivity index (χ4v) is 3.65. The van der Waals surface area contributed by atoms with Crippen LogP contribution in [0.15, 0.2) is 30.3 Å². The Balaban J connectivity index is 1.79. The summed E-state index contributed by atoms with van der Waals surface area (Å²) in [6.07, 6.45) is 4.03. The first kappa shape index (κ1) is 21.6. The number of aromatic hydroxyl groups is 4. The molecule has 7 heteroatoms. The Bertz CT molecular complexity index is 893. The molecule has 0 saturated carbocycles. The van der Waals surface area contributed by atoms with Crippen LogP contribution in [-0.4, -0.2) is 32.5 Å². The largest absolute Gasteiger partial charge is 0.508 e. The van der Waals surface area contributed by atoms with Crippen LogP contribution in [0, 0.1) is 0 Å². The number of carbonyl (C=O) groups excluding carboxylic acids is 1. The van der Waals surface area contributed by atoms with Crippen molar-refractivity contribution in [2.24, 2.45) is 0 Å². The summed E-state index contributed by atoms with van der Waals surface area (Å²) < 4.78 is 11.7. The van der Waals surface area contributed by atoms with Crippen molar-refractivity contribution in [1.82, 2.24) is 0 Å². The van der Waals surface area contributed by atoms with E-state index in [1.807, 2.05) is 0 Å². The maximum atomic E-state index is 12.4. The highest BCUT2D eigenvalue weighted by Gasteiger charge is 2.36. The second kappa shape index (κ2) is 9.61. The summed E-state index contributed by atoms with van der Waals surface area (Å²) in [4.78, 5) is 12.4. The van der Waals surface area contributed by atoms with Gasteiger partial charge in [0, 0.05) is 36.1 Å². The van der Waals surface area contributed by atoms with Crippen molar-refractivity contribution >= 4 is 5.97 Å². The molecule has 0 fully saturated rings. The van der Waals surface area contributed by atoms with E-state index in [0.717, 1.165) is 32.1 Å². The molecule has 1 heterocycles. The fraction of sp³-hybridized carbons (Fsp3) is 0.435. The molecule has 0 amide bonds. The van der Waals surface area contributed by atoms with E-state index in [1.165, 1.54) is 24.3 Å². The first-order valence-electron chi connectivity index (χ1n) is 10.3. The monoisotopic (exact) mass is 416 g/mol. The summed E-state index contributed by atoms with van der Waals surface area (Å²) in [7, 11) is 0. The Morgan fingerprint density at radius 3 is 2.50 bits per heavy atom. The molecule has 0 aromatic heterocycles. The van der Waals surface area contributed by atoms with Crippen LogP contribution < -0.4 is 4.74 Å². The lowest BCUT2D eigenvalue weighted by Crippen LogP contribution is -2.34. The average Bonchev–Trinajstić information content (AvgIpc) is 2.70. The molecule has 1 unspecified atom stereocenters. The zero-order valence-corrected chi connectivity index (χ0v) is 17.0. The van der Waals surface area contributed by atoms with Crippen molar-refractivity contribution in [1.29, 1.82) is 0 Å². The number of hydrogen-bond acceptors (Lipinski definition) is 7. The molecule has 2 atom stereocenters. The van der Waals surface area contributed by atoms with E-state index < -0.39 is 12.2 Å². The third-order valence-electron chi connectivity index (χ3n) is 5.26. The van der Waals surface area contributed by atoms with Crippen molar-refractivity contribution < 1.29 is 34.7 Å². The molecule has 4 N–H and O–H groups in total. The van der Waals surface area contributed by atoms with Crippen molar-refractivity contribution in [2.75, 3.05) is 0 Å². The SMILES string of the molecule is CCCCCCCC(=O)O[C@@H]1Cc2c(O)cc(O)cc2OC1c1ccc(O)c(O)c1. The van der Waals surface area contributed by atoms with Crippen molar-refractivity contribution in [3.63, 3.8) is 0 Å². The molecule has 7 nitrogen and oxygen atoms in total. The Hall–Kier alpha value is -3.09. The van der Waals surface area contributed by atoms with Crippen LogP contribution in [0.25, 0.3) is 0 Å². The summed E-state index contributed by atoms with van der Waals surface area (Å²) in [5, 5.41) is 39.5. The lowest BCUT2D eigenvalue weighted by atomic mass is 9.93. The Kier molecular flexibility index (Phi) is 6.92. The summed E-state index contributed by atoms with van der Waals surface area (Å²) in [6.45, 7) is 2.13. The summed E-state index contributed by atoms with van der Waals surface area (Å²) in [5.41, 5.74) is 0.937. The van der Waals surface area contributed by atoms with Crippen LogP contribution in [0.5, 0.6) is 28.7 Å². The van der Waals surface area contributed by atoms with Gasteiger partial charge < -0.3 is 29.9 Å². The molecule has 2 aromatic carbocycles. The van der Waals surface area contributed by atoms with E-state index in [4.69, 9.17) is 9.47 Å². The van der Waals surface area contributed by atoms with Crippen LogP contribution in [0.3, 0.4) is 0 Å². The van der Waals surface area contributed by atoms with E-state index >= 15 is 0 Å². The van der Waals surface area contributed by atoms with Gasteiger partial charge in [-0.1, -0.05) is 38.7 Å². The lowest BCUT2D eigenvalue weighted by Gasteiger charge is -2.34. The molecular formula is C23H28O7. The maximum Gasteiger partial charge on any atom is 0.306 e. The highest BCUT2D eigenvalue weighted by atomic mass is 16.6. The minimum absolute atomic E-state index is 0.141. The maximum absolute atomic E-state index is 12.4. The first-order chi connectivity index (χ1) is 14.4. The molecule has 1 aliphatic rings. The van der Waals surface area contributed by atoms with Gasteiger partial charge in [0.05, 0.1) is 0 Å². The molecule has 2 aromatic rings. The highest BCUT2D eigenvalue weighted by Crippen LogP contribution is 2.43. The van der Waals surface area contributed by atoms with E-state index in [9.17, 15) is 25.2 Å². The number of unbranched alkanes of at least 4 members (excludes halogenated alkanes) is 4. The second-order valence-electron chi connectivity index (χ2n) is 7.62. The first-order valence-corrected chi connectivity index (χ1v) is 10.3. The summed E-state index contributed by atoms with van der Waals surface area (Å²) in [6, 6.07) is 6.84. The minimum atomic E-state index is -0.769. The predicted molar refractivity (Wildman–Crippen MR) is 110 cm³/mol. The number of esters is 1. The van der Waals surface area contributed by atoms with E-state index in [1.54, 1.807) is 6.07 Å². The van der Waals surface area contributed by atoms with Crippen LogP contribution in [-0.2, 0) is 16.0 Å². The molecule has 0 saturated heterocycles. The molecular weight excluding hydrogens is 388 g/mol. The molecule has 0 spiro atoms. The van der Waals surface area contributed by atoms with Crippen LogP contribution >= 0.6 is 0 Å². The van der Waals surface area contributed by atoms with Crippen LogP contribution in [0.1, 0.15) is 62.7 Å². The number of rotatable bonds is 8. The average molecular weight is 416 g/mol. The number of benzene rings is 2. The third kappa shape index (κ3) is 5.09.